The first kappa shape index (κ1) is 12.7. The molecule has 3 aromatic rings. The summed E-state index contributed by atoms with van der Waals surface area (Å²) in [5.74, 6) is -0.337. The van der Waals surface area contributed by atoms with E-state index in [0.717, 1.165) is 21.9 Å². The molecule has 0 radical (unpaired) electrons. The van der Waals surface area contributed by atoms with Crippen molar-refractivity contribution in [3.05, 3.63) is 72.1 Å². The predicted octanol–water partition coefficient (Wildman–Crippen LogP) is 3.08. The molecule has 0 saturated heterocycles. The number of hydrogen-bond acceptors (Lipinski definition) is 3. The first-order valence-electron chi connectivity index (χ1n) is 6.40. The Morgan fingerprint density at radius 1 is 1.05 bits per heavy atom. The van der Waals surface area contributed by atoms with Crippen molar-refractivity contribution in [2.45, 2.75) is 6.04 Å². The van der Waals surface area contributed by atoms with E-state index in [1.807, 2.05) is 43.7 Å². The summed E-state index contributed by atoms with van der Waals surface area (Å²) >= 11 is 0. The van der Waals surface area contributed by atoms with Gasteiger partial charge in [0.1, 0.15) is 5.82 Å². The van der Waals surface area contributed by atoms with Gasteiger partial charge in [-0.2, -0.15) is 0 Å². The normalized spacial score (nSPS) is 12.5. The molecule has 1 N–H and O–H groups in total. The number of rotatable bonds is 3. The highest BCUT2D eigenvalue weighted by Gasteiger charge is 2.16. The summed E-state index contributed by atoms with van der Waals surface area (Å²) in [7, 11) is 1.84. The lowest BCUT2D eigenvalue weighted by Gasteiger charge is -2.18. The van der Waals surface area contributed by atoms with Crippen molar-refractivity contribution in [1.29, 1.82) is 0 Å². The fourth-order valence-electron chi connectivity index (χ4n) is 2.46. The van der Waals surface area contributed by atoms with Crippen LogP contribution in [-0.2, 0) is 0 Å². The molecule has 4 heteroatoms. The van der Waals surface area contributed by atoms with Gasteiger partial charge in [-0.05, 0) is 29.6 Å². The fraction of sp³-hybridized carbons (Fsp3) is 0.125. The molecule has 0 aliphatic rings. The molecule has 2 heterocycles. The van der Waals surface area contributed by atoms with Crippen LogP contribution in [0.25, 0.3) is 10.8 Å². The van der Waals surface area contributed by atoms with Gasteiger partial charge in [0.25, 0.3) is 0 Å². The number of hydrogen-bond donors (Lipinski definition) is 1. The van der Waals surface area contributed by atoms with Gasteiger partial charge in [-0.1, -0.05) is 24.3 Å². The average molecular weight is 267 g/mol. The van der Waals surface area contributed by atoms with Gasteiger partial charge in [-0.3, -0.25) is 9.97 Å². The lowest BCUT2D eigenvalue weighted by molar-refractivity contribution is 0.609. The van der Waals surface area contributed by atoms with Crippen LogP contribution in [0.15, 0.2) is 55.1 Å². The molecule has 1 aromatic carbocycles. The minimum absolute atomic E-state index is 0.142. The summed E-state index contributed by atoms with van der Waals surface area (Å²) in [4.78, 5) is 8.20. The zero-order valence-corrected chi connectivity index (χ0v) is 11.0. The van der Waals surface area contributed by atoms with E-state index in [1.54, 1.807) is 6.20 Å². The van der Waals surface area contributed by atoms with Crippen molar-refractivity contribution in [2.24, 2.45) is 0 Å². The predicted molar refractivity (Wildman–Crippen MR) is 76.8 cm³/mol. The molecule has 2 aromatic heterocycles. The molecule has 20 heavy (non-hydrogen) atoms. The second kappa shape index (κ2) is 5.35. The maximum atomic E-state index is 13.4. The van der Waals surface area contributed by atoms with E-state index in [1.165, 1.54) is 12.3 Å². The first-order chi connectivity index (χ1) is 9.79. The largest absolute Gasteiger partial charge is 0.309 e. The molecule has 1 atom stereocenters. The highest BCUT2D eigenvalue weighted by Crippen LogP contribution is 2.27. The summed E-state index contributed by atoms with van der Waals surface area (Å²) < 4.78 is 13.4. The first-order valence-corrected chi connectivity index (χ1v) is 6.40. The van der Waals surface area contributed by atoms with E-state index in [9.17, 15) is 4.39 Å². The van der Waals surface area contributed by atoms with Crippen LogP contribution in [0.1, 0.15) is 17.2 Å². The quantitative estimate of drug-likeness (QED) is 0.792. The Morgan fingerprint density at radius 3 is 2.65 bits per heavy atom. The molecule has 0 saturated carbocycles. The van der Waals surface area contributed by atoms with Crippen molar-refractivity contribution >= 4 is 10.8 Å². The van der Waals surface area contributed by atoms with Crippen molar-refractivity contribution < 1.29 is 4.39 Å². The Kier molecular flexibility index (Phi) is 3.39. The van der Waals surface area contributed by atoms with Crippen molar-refractivity contribution in [3.63, 3.8) is 0 Å². The van der Waals surface area contributed by atoms with Gasteiger partial charge in [0.15, 0.2) is 0 Å². The van der Waals surface area contributed by atoms with Crippen LogP contribution in [0.5, 0.6) is 0 Å². The molecule has 0 amide bonds. The SMILES string of the molecule is CNC(c1cncc(F)c1)c1cncc2ccccc12. The summed E-state index contributed by atoms with van der Waals surface area (Å²) in [5.41, 5.74) is 1.80. The zero-order valence-electron chi connectivity index (χ0n) is 11.0. The van der Waals surface area contributed by atoms with Crippen LogP contribution in [0.4, 0.5) is 4.39 Å². The number of nitrogens with zero attached hydrogens (tertiary/aromatic N) is 2. The van der Waals surface area contributed by atoms with Gasteiger partial charge in [0, 0.05) is 24.0 Å². The van der Waals surface area contributed by atoms with Crippen LogP contribution < -0.4 is 5.32 Å². The van der Waals surface area contributed by atoms with E-state index in [-0.39, 0.29) is 11.9 Å². The molecular weight excluding hydrogens is 253 g/mol. The number of benzene rings is 1. The Bertz CT molecular complexity index is 737. The van der Waals surface area contributed by atoms with Crippen molar-refractivity contribution in [3.8, 4) is 0 Å². The third-order valence-electron chi connectivity index (χ3n) is 3.36. The molecular formula is C16H14FN3. The van der Waals surface area contributed by atoms with Crippen LogP contribution >= 0.6 is 0 Å². The molecule has 100 valence electrons. The second-order valence-electron chi connectivity index (χ2n) is 4.61. The third-order valence-corrected chi connectivity index (χ3v) is 3.36. The fourth-order valence-corrected chi connectivity index (χ4v) is 2.46. The Hall–Kier alpha value is -2.33. The molecule has 0 aliphatic carbocycles. The number of halogens is 1. The Balaban J connectivity index is 2.17. The topological polar surface area (TPSA) is 37.8 Å². The van der Waals surface area contributed by atoms with E-state index >= 15 is 0 Å². The Labute approximate surface area is 116 Å². The molecule has 0 bridgehead atoms. The zero-order chi connectivity index (χ0) is 13.9. The maximum Gasteiger partial charge on any atom is 0.141 e. The van der Waals surface area contributed by atoms with Crippen LogP contribution in [0, 0.1) is 5.82 Å². The average Bonchev–Trinajstić information content (AvgIpc) is 2.48. The van der Waals surface area contributed by atoms with Gasteiger partial charge >= 0.3 is 0 Å². The van der Waals surface area contributed by atoms with E-state index < -0.39 is 0 Å². The summed E-state index contributed by atoms with van der Waals surface area (Å²) in [5, 5.41) is 5.37. The minimum atomic E-state index is -0.337. The standard InChI is InChI=1S/C16H14FN3/c1-18-16(12-6-13(17)9-19-8-12)15-10-20-7-11-4-2-3-5-14(11)15/h2-10,16,18H,1H3. The van der Waals surface area contributed by atoms with Crippen LogP contribution in [0.2, 0.25) is 0 Å². The number of nitrogens with one attached hydrogen (secondary N) is 1. The second-order valence-corrected chi connectivity index (χ2v) is 4.61. The summed E-state index contributed by atoms with van der Waals surface area (Å²) in [6, 6.07) is 9.38. The van der Waals surface area contributed by atoms with Gasteiger partial charge in [0.2, 0.25) is 0 Å². The number of aromatic nitrogens is 2. The smallest absolute Gasteiger partial charge is 0.141 e. The van der Waals surface area contributed by atoms with Crippen molar-refractivity contribution in [1.82, 2.24) is 15.3 Å². The highest BCUT2D eigenvalue weighted by atomic mass is 19.1. The van der Waals surface area contributed by atoms with Gasteiger partial charge in [-0.15, -0.1) is 0 Å². The maximum absolute atomic E-state index is 13.4. The van der Waals surface area contributed by atoms with Gasteiger partial charge < -0.3 is 5.32 Å². The molecule has 0 aliphatic heterocycles. The molecule has 0 spiro atoms. The van der Waals surface area contributed by atoms with E-state index in [2.05, 4.69) is 15.3 Å². The highest BCUT2D eigenvalue weighted by molar-refractivity contribution is 5.85. The van der Waals surface area contributed by atoms with Crippen LogP contribution in [-0.4, -0.2) is 17.0 Å². The van der Waals surface area contributed by atoms with E-state index in [4.69, 9.17) is 0 Å². The summed E-state index contributed by atoms with van der Waals surface area (Å²) in [6.07, 6.45) is 6.52. The van der Waals surface area contributed by atoms with Crippen molar-refractivity contribution in [2.75, 3.05) is 7.05 Å². The van der Waals surface area contributed by atoms with E-state index in [0.29, 0.717) is 0 Å². The molecule has 0 fully saturated rings. The molecule has 3 nitrogen and oxygen atoms in total. The van der Waals surface area contributed by atoms with Gasteiger partial charge in [-0.25, -0.2) is 4.39 Å². The van der Waals surface area contributed by atoms with Gasteiger partial charge in [0.05, 0.1) is 12.2 Å². The number of fused-ring (bicyclic) bond motifs is 1. The Morgan fingerprint density at radius 2 is 1.85 bits per heavy atom. The third kappa shape index (κ3) is 2.26. The minimum Gasteiger partial charge on any atom is -0.309 e. The molecule has 3 rings (SSSR count). The lowest BCUT2D eigenvalue weighted by Crippen LogP contribution is -2.18. The molecule has 1 unspecified atom stereocenters. The monoisotopic (exact) mass is 267 g/mol. The summed E-state index contributed by atoms with van der Waals surface area (Å²) in [6.45, 7) is 0. The van der Waals surface area contributed by atoms with Crippen LogP contribution in [0.3, 0.4) is 0 Å². The lowest BCUT2D eigenvalue weighted by atomic mass is 9.97. The number of pyridine rings is 2.